The lowest BCUT2D eigenvalue weighted by molar-refractivity contribution is 0.0991. The van der Waals surface area contributed by atoms with Crippen LogP contribution < -0.4 is 0 Å². The molecule has 0 aromatic carbocycles. The lowest BCUT2D eigenvalue weighted by Crippen LogP contribution is -2.04. The smallest absolute Gasteiger partial charge is 0.193 e. The number of aromatic nitrogens is 3. The van der Waals surface area contributed by atoms with Crippen LogP contribution in [-0.4, -0.2) is 20.2 Å². The second-order valence-electron chi connectivity index (χ2n) is 4.11. The van der Waals surface area contributed by atoms with Crippen LogP contribution in [0.15, 0.2) is 36.1 Å². The molecule has 3 aromatic rings. The SMILES string of the molecule is Cc1ccc(C(=O)Cc2cn3ccsc3n2)cn1. The molecule has 0 saturated carbocycles. The summed E-state index contributed by atoms with van der Waals surface area (Å²) in [6.45, 7) is 1.90. The van der Waals surface area contributed by atoms with E-state index in [1.165, 1.54) is 0 Å². The Balaban J connectivity index is 1.82. The van der Waals surface area contributed by atoms with Crippen LogP contribution in [0.1, 0.15) is 21.7 Å². The summed E-state index contributed by atoms with van der Waals surface area (Å²) in [5, 5.41) is 1.97. The fourth-order valence-corrected chi connectivity index (χ4v) is 2.48. The number of hydrogen-bond donors (Lipinski definition) is 0. The Morgan fingerprint density at radius 2 is 2.33 bits per heavy atom. The summed E-state index contributed by atoms with van der Waals surface area (Å²) in [5.74, 6) is 0.0493. The normalized spacial score (nSPS) is 10.9. The molecule has 4 nitrogen and oxygen atoms in total. The zero-order valence-electron chi connectivity index (χ0n) is 9.83. The highest BCUT2D eigenvalue weighted by Gasteiger charge is 2.10. The van der Waals surface area contributed by atoms with Crippen LogP contribution in [0.5, 0.6) is 0 Å². The van der Waals surface area contributed by atoms with Crippen molar-refractivity contribution in [3.8, 4) is 0 Å². The molecule has 0 aliphatic carbocycles. The summed E-state index contributed by atoms with van der Waals surface area (Å²) in [5.41, 5.74) is 2.35. The van der Waals surface area contributed by atoms with Crippen LogP contribution in [0, 0.1) is 6.92 Å². The highest BCUT2D eigenvalue weighted by molar-refractivity contribution is 7.15. The van der Waals surface area contributed by atoms with E-state index in [0.717, 1.165) is 16.3 Å². The predicted molar refractivity (Wildman–Crippen MR) is 70.1 cm³/mol. The summed E-state index contributed by atoms with van der Waals surface area (Å²) in [7, 11) is 0. The standard InChI is InChI=1S/C13H11N3OS/c1-9-2-3-10(7-14-9)12(17)6-11-8-16-4-5-18-13(16)15-11/h2-5,7-8H,6H2,1H3. The van der Waals surface area contributed by atoms with Crippen molar-refractivity contribution < 1.29 is 4.79 Å². The Morgan fingerprint density at radius 3 is 3.06 bits per heavy atom. The summed E-state index contributed by atoms with van der Waals surface area (Å²) in [4.78, 5) is 21.5. The highest BCUT2D eigenvalue weighted by Crippen LogP contribution is 2.13. The van der Waals surface area contributed by atoms with Gasteiger partial charge in [0, 0.05) is 35.2 Å². The number of Topliss-reactive ketones (excluding diaryl/α,β-unsaturated/α-hetero) is 1. The molecule has 0 aliphatic heterocycles. The third kappa shape index (κ3) is 2.04. The van der Waals surface area contributed by atoms with Crippen LogP contribution in [-0.2, 0) is 6.42 Å². The largest absolute Gasteiger partial charge is 0.297 e. The lowest BCUT2D eigenvalue weighted by Gasteiger charge is -1.98. The number of fused-ring (bicyclic) bond motifs is 1. The molecule has 3 aromatic heterocycles. The van der Waals surface area contributed by atoms with Gasteiger partial charge in [0.15, 0.2) is 10.7 Å². The van der Waals surface area contributed by atoms with Gasteiger partial charge in [-0.25, -0.2) is 4.98 Å². The molecule has 0 unspecified atom stereocenters. The number of aryl methyl sites for hydroxylation is 1. The van der Waals surface area contributed by atoms with Crippen LogP contribution in [0.2, 0.25) is 0 Å². The van der Waals surface area contributed by atoms with E-state index < -0.39 is 0 Å². The van der Waals surface area contributed by atoms with Gasteiger partial charge in [0.2, 0.25) is 0 Å². The molecule has 0 radical (unpaired) electrons. The van der Waals surface area contributed by atoms with Crippen molar-refractivity contribution in [3.63, 3.8) is 0 Å². The molecular formula is C13H11N3OS. The third-order valence-electron chi connectivity index (χ3n) is 2.72. The number of imidazole rings is 1. The number of rotatable bonds is 3. The topological polar surface area (TPSA) is 47.3 Å². The molecule has 18 heavy (non-hydrogen) atoms. The number of nitrogens with zero attached hydrogens (tertiary/aromatic N) is 3. The van der Waals surface area contributed by atoms with E-state index in [0.29, 0.717) is 12.0 Å². The van der Waals surface area contributed by atoms with Crippen molar-refractivity contribution in [1.82, 2.24) is 14.4 Å². The van der Waals surface area contributed by atoms with Gasteiger partial charge in [-0.1, -0.05) is 0 Å². The zero-order valence-corrected chi connectivity index (χ0v) is 10.6. The minimum absolute atomic E-state index is 0.0493. The molecule has 0 bridgehead atoms. The molecule has 0 saturated heterocycles. The Labute approximate surface area is 108 Å². The molecule has 0 N–H and O–H groups in total. The first-order chi connectivity index (χ1) is 8.72. The van der Waals surface area contributed by atoms with Crippen LogP contribution >= 0.6 is 11.3 Å². The number of hydrogen-bond acceptors (Lipinski definition) is 4. The first kappa shape index (κ1) is 11.1. The molecule has 0 aliphatic rings. The summed E-state index contributed by atoms with van der Waals surface area (Å²) < 4.78 is 1.93. The summed E-state index contributed by atoms with van der Waals surface area (Å²) in [6.07, 6.45) is 5.77. The first-order valence-corrected chi connectivity index (χ1v) is 6.47. The van der Waals surface area contributed by atoms with Crippen LogP contribution in [0.3, 0.4) is 0 Å². The number of carbonyl (C=O) groups is 1. The number of ketones is 1. The van der Waals surface area contributed by atoms with Gasteiger partial charge < -0.3 is 0 Å². The van der Waals surface area contributed by atoms with Gasteiger partial charge in [0.25, 0.3) is 0 Å². The van der Waals surface area contributed by atoms with Crippen LogP contribution in [0.25, 0.3) is 4.96 Å². The molecule has 3 rings (SSSR count). The maximum atomic E-state index is 12.0. The number of carbonyl (C=O) groups excluding carboxylic acids is 1. The highest BCUT2D eigenvalue weighted by atomic mass is 32.1. The molecule has 90 valence electrons. The van der Waals surface area contributed by atoms with Gasteiger partial charge >= 0.3 is 0 Å². The van der Waals surface area contributed by atoms with E-state index in [2.05, 4.69) is 9.97 Å². The molecule has 3 heterocycles. The van der Waals surface area contributed by atoms with Gasteiger partial charge in [-0.3, -0.25) is 14.2 Å². The molecule has 0 spiro atoms. The summed E-state index contributed by atoms with van der Waals surface area (Å²) >= 11 is 1.56. The first-order valence-electron chi connectivity index (χ1n) is 5.59. The summed E-state index contributed by atoms with van der Waals surface area (Å²) in [6, 6.07) is 3.65. The van der Waals surface area contributed by atoms with Gasteiger partial charge in [0.1, 0.15) is 0 Å². The van der Waals surface area contributed by atoms with Crippen molar-refractivity contribution >= 4 is 22.1 Å². The van der Waals surface area contributed by atoms with E-state index in [9.17, 15) is 4.79 Å². The molecular weight excluding hydrogens is 246 g/mol. The van der Waals surface area contributed by atoms with Crippen molar-refractivity contribution in [1.29, 1.82) is 0 Å². The molecule has 0 amide bonds. The molecule has 0 atom stereocenters. The Kier molecular flexibility index (Phi) is 2.68. The Hall–Kier alpha value is -2.01. The van der Waals surface area contributed by atoms with Crippen LogP contribution in [0.4, 0.5) is 0 Å². The maximum Gasteiger partial charge on any atom is 0.193 e. The Morgan fingerprint density at radius 1 is 1.44 bits per heavy atom. The average molecular weight is 257 g/mol. The van der Waals surface area contributed by atoms with E-state index in [-0.39, 0.29) is 5.78 Å². The van der Waals surface area contributed by atoms with Gasteiger partial charge in [-0.2, -0.15) is 0 Å². The monoisotopic (exact) mass is 257 g/mol. The minimum Gasteiger partial charge on any atom is -0.297 e. The fourth-order valence-electron chi connectivity index (χ4n) is 1.76. The quantitative estimate of drug-likeness (QED) is 0.677. The van der Waals surface area contributed by atoms with E-state index >= 15 is 0 Å². The van der Waals surface area contributed by atoms with Crippen molar-refractivity contribution in [3.05, 3.63) is 53.1 Å². The second kappa shape index (κ2) is 4.34. The Bertz CT molecular complexity index is 668. The fraction of sp³-hybridized carbons (Fsp3) is 0.154. The van der Waals surface area contributed by atoms with Gasteiger partial charge in [-0.15, -0.1) is 11.3 Å². The van der Waals surface area contributed by atoms with E-state index in [4.69, 9.17) is 0 Å². The molecule has 5 heteroatoms. The van der Waals surface area contributed by atoms with Gasteiger partial charge in [0.05, 0.1) is 12.1 Å². The van der Waals surface area contributed by atoms with E-state index in [1.54, 1.807) is 17.5 Å². The number of thiazole rings is 1. The maximum absolute atomic E-state index is 12.0. The minimum atomic E-state index is 0.0493. The third-order valence-corrected chi connectivity index (χ3v) is 3.49. The number of pyridine rings is 1. The van der Waals surface area contributed by atoms with Crippen molar-refractivity contribution in [2.45, 2.75) is 13.3 Å². The zero-order chi connectivity index (χ0) is 12.5. The van der Waals surface area contributed by atoms with Crippen molar-refractivity contribution in [2.75, 3.05) is 0 Å². The molecule has 0 fully saturated rings. The van der Waals surface area contributed by atoms with Gasteiger partial charge in [-0.05, 0) is 19.1 Å². The lowest BCUT2D eigenvalue weighted by atomic mass is 10.1. The second-order valence-corrected chi connectivity index (χ2v) is 4.99. The average Bonchev–Trinajstić information content (AvgIpc) is 2.90. The van der Waals surface area contributed by atoms with Crippen molar-refractivity contribution in [2.24, 2.45) is 0 Å². The predicted octanol–water partition coefficient (Wildman–Crippen LogP) is 2.52. The van der Waals surface area contributed by atoms with E-state index in [1.807, 2.05) is 41.2 Å².